The lowest BCUT2D eigenvalue weighted by Crippen LogP contribution is -2.27. The van der Waals surface area contributed by atoms with Gasteiger partial charge in [0.15, 0.2) is 11.6 Å². The molecule has 0 aromatic heterocycles. The van der Waals surface area contributed by atoms with Gasteiger partial charge in [-0.05, 0) is 58.5 Å². The summed E-state index contributed by atoms with van der Waals surface area (Å²) in [5.74, 6) is -2.85. The fourth-order valence-corrected chi connectivity index (χ4v) is 3.94. The molecule has 0 aliphatic carbocycles. The predicted molar refractivity (Wildman–Crippen MR) is 133 cm³/mol. The average molecular weight is 490 g/mol. The van der Waals surface area contributed by atoms with Crippen molar-refractivity contribution in [2.45, 2.75) is 25.9 Å². The smallest absolute Gasteiger partial charge is 0.303 e. The molecule has 4 rings (SSSR count). The van der Waals surface area contributed by atoms with Gasteiger partial charge in [-0.3, -0.25) is 9.59 Å². The zero-order valence-corrected chi connectivity index (χ0v) is 19.5. The molecule has 0 bridgehead atoms. The second-order valence-electron chi connectivity index (χ2n) is 8.44. The van der Waals surface area contributed by atoms with Crippen LogP contribution in [0.25, 0.3) is 10.8 Å². The van der Waals surface area contributed by atoms with Crippen LogP contribution < -0.4 is 10.1 Å². The number of ether oxygens (including phenoxy) is 1. The Bertz CT molecular complexity index is 1400. The molecular weight excluding hydrogens is 464 g/mol. The Balaban J connectivity index is 1.45. The molecule has 36 heavy (non-hydrogen) atoms. The molecule has 0 aliphatic heterocycles. The minimum absolute atomic E-state index is 0.0864. The zero-order chi connectivity index (χ0) is 25.5. The van der Waals surface area contributed by atoms with Gasteiger partial charge >= 0.3 is 5.97 Å². The van der Waals surface area contributed by atoms with Crippen LogP contribution in [-0.2, 0) is 24.2 Å². The number of carboxylic acid groups (broad SMARTS) is 1. The Morgan fingerprint density at radius 2 is 1.61 bits per heavy atom. The van der Waals surface area contributed by atoms with E-state index in [1.165, 1.54) is 0 Å². The molecule has 4 aromatic carbocycles. The van der Waals surface area contributed by atoms with Crippen LogP contribution in [-0.4, -0.2) is 23.5 Å². The average Bonchev–Trinajstić information content (AvgIpc) is 2.88. The van der Waals surface area contributed by atoms with E-state index in [2.05, 4.69) is 11.4 Å². The molecule has 0 spiro atoms. The normalized spacial score (nSPS) is 10.8. The number of nitrogens with one attached hydrogen (secondary N) is 1. The number of rotatable bonds is 10. The molecular formula is C29H25F2NO4. The first kappa shape index (κ1) is 24.9. The van der Waals surface area contributed by atoms with Gasteiger partial charge in [0.25, 0.3) is 5.91 Å². The maximum Gasteiger partial charge on any atom is 0.303 e. The quantitative estimate of drug-likeness (QED) is 0.300. The number of amides is 1. The van der Waals surface area contributed by atoms with Crippen molar-refractivity contribution in [3.05, 3.63) is 113 Å². The summed E-state index contributed by atoms with van der Waals surface area (Å²) in [7, 11) is 0. The summed E-state index contributed by atoms with van der Waals surface area (Å²) >= 11 is 0. The summed E-state index contributed by atoms with van der Waals surface area (Å²) in [4.78, 5) is 24.1. The highest BCUT2D eigenvalue weighted by Gasteiger charge is 2.14. The fraction of sp³-hybridized carbons (Fsp3) is 0.172. The molecule has 0 radical (unpaired) electrons. The number of aryl methyl sites for hydroxylation is 1. The summed E-state index contributed by atoms with van der Waals surface area (Å²) in [6.45, 7) is 0.307. The molecule has 0 heterocycles. The van der Waals surface area contributed by atoms with Gasteiger partial charge < -0.3 is 15.2 Å². The van der Waals surface area contributed by atoms with Gasteiger partial charge in [0.05, 0.1) is 0 Å². The topological polar surface area (TPSA) is 75.6 Å². The van der Waals surface area contributed by atoms with Crippen LogP contribution in [0.15, 0.2) is 78.9 Å². The molecule has 0 unspecified atom stereocenters. The van der Waals surface area contributed by atoms with Crippen LogP contribution in [0.4, 0.5) is 8.78 Å². The van der Waals surface area contributed by atoms with Crippen LogP contribution >= 0.6 is 0 Å². The van der Waals surface area contributed by atoms with Gasteiger partial charge in [-0.15, -0.1) is 0 Å². The van der Waals surface area contributed by atoms with Crippen molar-refractivity contribution in [1.29, 1.82) is 0 Å². The van der Waals surface area contributed by atoms with Gasteiger partial charge in [-0.1, -0.05) is 54.6 Å². The summed E-state index contributed by atoms with van der Waals surface area (Å²) < 4.78 is 32.7. The third-order valence-corrected chi connectivity index (χ3v) is 5.83. The Labute approximate surface area is 207 Å². The number of benzene rings is 4. The van der Waals surface area contributed by atoms with Gasteiger partial charge in [0.1, 0.15) is 12.4 Å². The van der Waals surface area contributed by atoms with Gasteiger partial charge in [-0.25, -0.2) is 8.78 Å². The molecule has 0 fully saturated rings. The fourth-order valence-electron chi connectivity index (χ4n) is 3.94. The zero-order valence-electron chi connectivity index (χ0n) is 19.5. The summed E-state index contributed by atoms with van der Waals surface area (Å²) in [6.07, 6.45) is 0.687. The lowest BCUT2D eigenvalue weighted by atomic mass is 9.99. The van der Waals surface area contributed by atoms with E-state index < -0.39 is 17.6 Å². The van der Waals surface area contributed by atoms with E-state index in [-0.39, 0.29) is 31.1 Å². The third-order valence-electron chi connectivity index (χ3n) is 5.83. The van der Waals surface area contributed by atoms with E-state index in [0.717, 1.165) is 34.5 Å². The maximum atomic E-state index is 13.9. The molecule has 4 aromatic rings. The summed E-state index contributed by atoms with van der Waals surface area (Å²) in [6, 6.07) is 22.1. The van der Waals surface area contributed by atoms with Crippen molar-refractivity contribution in [3.63, 3.8) is 0 Å². The van der Waals surface area contributed by atoms with Crippen LogP contribution in [0, 0.1) is 11.6 Å². The SMILES string of the molecule is O=C(O)CCc1ccc(COc2cc(F)ccc2F)cc1C(=O)NCCc1ccc2ccccc2c1. The highest BCUT2D eigenvalue weighted by molar-refractivity contribution is 5.96. The molecule has 0 aliphatic rings. The second kappa shape index (κ2) is 11.4. The highest BCUT2D eigenvalue weighted by atomic mass is 19.1. The molecule has 184 valence electrons. The molecule has 0 saturated carbocycles. The van der Waals surface area contributed by atoms with E-state index >= 15 is 0 Å². The first-order chi connectivity index (χ1) is 17.4. The van der Waals surface area contributed by atoms with Gasteiger partial charge in [-0.2, -0.15) is 0 Å². The number of carboxylic acids is 1. The molecule has 0 atom stereocenters. The van der Waals surface area contributed by atoms with Crippen LogP contribution in [0.2, 0.25) is 0 Å². The Hall–Kier alpha value is -4.26. The Kier molecular flexibility index (Phi) is 7.90. The molecule has 0 saturated heterocycles. The molecule has 2 N–H and O–H groups in total. The van der Waals surface area contributed by atoms with E-state index in [4.69, 9.17) is 9.84 Å². The lowest BCUT2D eigenvalue weighted by Gasteiger charge is -2.13. The Morgan fingerprint density at radius 1 is 0.833 bits per heavy atom. The van der Waals surface area contributed by atoms with Crippen molar-refractivity contribution in [2.24, 2.45) is 0 Å². The minimum atomic E-state index is -0.966. The molecule has 1 amide bonds. The largest absolute Gasteiger partial charge is 0.486 e. The van der Waals surface area contributed by atoms with Crippen molar-refractivity contribution >= 4 is 22.6 Å². The van der Waals surface area contributed by atoms with Gasteiger partial charge in [0, 0.05) is 24.6 Å². The number of hydrogen-bond acceptors (Lipinski definition) is 3. The monoisotopic (exact) mass is 489 g/mol. The van der Waals surface area contributed by atoms with Crippen molar-refractivity contribution in [3.8, 4) is 5.75 Å². The number of carbonyl (C=O) groups is 2. The highest BCUT2D eigenvalue weighted by Crippen LogP contribution is 2.21. The first-order valence-corrected chi connectivity index (χ1v) is 11.6. The van der Waals surface area contributed by atoms with E-state index in [1.54, 1.807) is 18.2 Å². The number of aliphatic carboxylic acids is 1. The van der Waals surface area contributed by atoms with Crippen molar-refractivity contribution in [2.75, 3.05) is 6.54 Å². The lowest BCUT2D eigenvalue weighted by molar-refractivity contribution is -0.136. The van der Waals surface area contributed by atoms with Crippen LogP contribution in [0.3, 0.4) is 0 Å². The maximum absolute atomic E-state index is 13.9. The van der Waals surface area contributed by atoms with E-state index in [9.17, 15) is 18.4 Å². The second-order valence-corrected chi connectivity index (χ2v) is 8.44. The first-order valence-electron chi connectivity index (χ1n) is 11.6. The standard InChI is InChI=1S/C29H25F2NO4/c30-24-10-11-26(31)27(17-24)36-18-20-6-8-22(9-12-28(33)34)25(16-20)29(35)32-14-13-19-5-7-21-3-1-2-4-23(21)15-19/h1-8,10-11,15-17H,9,12-14,18H2,(H,32,35)(H,33,34). The number of fused-ring (bicyclic) bond motifs is 1. The third kappa shape index (κ3) is 6.44. The minimum Gasteiger partial charge on any atom is -0.486 e. The van der Waals surface area contributed by atoms with Crippen LogP contribution in [0.5, 0.6) is 5.75 Å². The number of halogens is 2. The number of carbonyl (C=O) groups excluding carboxylic acids is 1. The Morgan fingerprint density at radius 3 is 2.42 bits per heavy atom. The summed E-state index contributed by atoms with van der Waals surface area (Å²) in [5.41, 5.74) is 2.56. The predicted octanol–water partition coefficient (Wildman–Crippen LogP) is 5.69. The van der Waals surface area contributed by atoms with Crippen LogP contribution in [0.1, 0.15) is 33.5 Å². The summed E-state index contributed by atoms with van der Waals surface area (Å²) in [5, 5.41) is 14.2. The molecule has 5 nitrogen and oxygen atoms in total. The van der Waals surface area contributed by atoms with E-state index in [0.29, 0.717) is 29.7 Å². The van der Waals surface area contributed by atoms with E-state index in [1.807, 2.05) is 36.4 Å². The van der Waals surface area contributed by atoms with Crippen molar-refractivity contribution in [1.82, 2.24) is 5.32 Å². The number of hydrogen-bond donors (Lipinski definition) is 2. The van der Waals surface area contributed by atoms with Crippen molar-refractivity contribution < 1.29 is 28.2 Å². The van der Waals surface area contributed by atoms with Gasteiger partial charge in [0.2, 0.25) is 0 Å². The molecule has 7 heteroatoms.